The fourth-order valence-corrected chi connectivity index (χ4v) is 2.42. The quantitative estimate of drug-likeness (QED) is 0.899. The molecule has 2 aromatic rings. The molecule has 2 rings (SSSR count). The van der Waals surface area contributed by atoms with Crippen molar-refractivity contribution in [3.05, 3.63) is 39.9 Å². The maximum atomic E-state index is 4.50. The van der Waals surface area contributed by atoms with Crippen LogP contribution in [-0.4, -0.2) is 21.5 Å². The van der Waals surface area contributed by atoms with Crippen molar-refractivity contribution < 1.29 is 0 Å². The number of hydrogen-bond donors (Lipinski definition) is 1. The number of hydrogen-bond acceptors (Lipinski definition) is 5. The third-order valence-corrected chi connectivity index (χ3v) is 3.47. The van der Waals surface area contributed by atoms with Crippen molar-refractivity contribution in [2.45, 2.75) is 33.2 Å². The number of aryl methyl sites for hydroxylation is 2. The van der Waals surface area contributed by atoms with E-state index in [0.717, 1.165) is 35.1 Å². The number of thiazole rings is 1. The van der Waals surface area contributed by atoms with E-state index in [0.29, 0.717) is 0 Å². The summed E-state index contributed by atoms with van der Waals surface area (Å²) in [6, 6.07) is 0.136. The molecule has 1 N–H and O–H groups in total. The van der Waals surface area contributed by atoms with E-state index >= 15 is 0 Å². The maximum Gasteiger partial charge on any atom is 0.145 e. The highest BCUT2D eigenvalue weighted by Gasteiger charge is 2.15. The van der Waals surface area contributed by atoms with Crippen LogP contribution in [0.15, 0.2) is 17.8 Å². The summed E-state index contributed by atoms with van der Waals surface area (Å²) in [6.07, 6.45) is 4.55. The van der Waals surface area contributed by atoms with E-state index in [1.165, 1.54) is 0 Å². The van der Waals surface area contributed by atoms with E-state index in [9.17, 15) is 0 Å². The van der Waals surface area contributed by atoms with Crippen LogP contribution in [0.25, 0.3) is 0 Å². The van der Waals surface area contributed by atoms with Gasteiger partial charge in [0, 0.05) is 24.2 Å². The van der Waals surface area contributed by atoms with Gasteiger partial charge in [0.05, 0.1) is 16.7 Å². The van der Waals surface area contributed by atoms with Gasteiger partial charge < -0.3 is 5.32 Å². The van der Waals surface area contributed by atoms with Gasteiger partial charge in [0.25, 0.3) is 0 Å². The minimum atomic E-state index is 0.136. The number of nitrogens with zero attached hydrogens (tertiary/aromatic N) is 3. The van der Waals surface area contributed by atoms with Crippen molar-refractivity contribution in [2.75, 3.05) is 6.54 Å². The Morgan fingerprint density at radius 3 is 2.56 bits per heavy atom. The van der Waals surface area contributed by atoms with Crippen LogP contribution in [0.1, 0.15) is 35.1 Å². The largest absolute Gasteiger partial charge is 0.307 e. The molecule has 0 aliphatic heterocycles. The minimum absolute atomic E-state index is 0.136. The maximum absolute atomic E-state index is 4.50. The summed E-state index contributed by atoms with van der Waals surface area (Å²) < 4.78 is 0. The molecule has 0 bridgehead atoms. The predicted molar refractivity (Wildman–Crippen MR) is 73.7 cm³/mol. The van der Waals surface area contributed by atoms with E-state index in [-0.39, 0.29) is 6.04 Å². The monoisotopic (exact) mass is 262 g/mol. The number of nitrogens with one attached hydrogen (secondary N) is 1. The predicted octanol–water partition coefficient (Wildman–Crippen LogP) is 2.44. The molecule has 2 heterocycles. The first kappa shape index (κ1) is 13.1. The van der Waals surface area contributed by atoms with Crippen molar-refractivity contribution >= 4 is 11.3 Å². The molecule has 0 aliphatic rings. The molecule has 0 amide bonds. The van der Waals surface area contributed by atoms with Crippen molar-refractivity contribution in [3.8, 4) is 0 Å². The topological polar surface area (TPSA) is 50.7 Å². The summed E-state index contributed by atoms with van der Waals surface area (Å²) in [7, 11) is 0. The standard InChI is InChI=1S/C13H18N4S/c1-4-14-12(5-11-8-18-10(3)17-11)13-15-6-9(2)7-16-13/h6-8,12,14H,4-5H2,1-3H3. The van der Waals surface area contributed by atoms with Gasteiger partial charge in [-0.25, -0.2) is 15.0 Å². The van der Waals surface area contributed by atoms with Gasteiger partial charge in [0.2, 0.25) is 0 Å². The fraction of sp³-hybridized carbons (Fsp3) is 0.462. The highest BCUT2D eigenvalue weighted by Crippen LogP contribution is 2.17. The summed E-state index contributed by atoms with van der Waals surface area (Å²) in [5.74, 6) is 0.841. The summed E-state index contributed by atoms with van der Waals surface area (Å²) in [6.45, 7) is 7.01. The SMILES string of the molecule is CCNC(Cc1csc(C)n1)c1ncc(C)cn1. The highest BCUT2D eigenvalue weighted by molar-refractivity contribution is 7.09. The van der Waals surface area contributed by atoms with Gasteiger partial charge in [-0.05, 0) is 26.0 Å². The lowest BCUT2D eigenvalue weighted by Gasteiger charge is -2.15. The van der Waals surface area contributed by atoms with Gasteiger partial charge in [-0.15, -0.1) is 11.3 Å². The number of likely N-dealkylation sites (N-methyl/N-ethyl adjacent to an activating group) is 1. The van der Waals surface area contributed by atoms with E-state index in [4.69, 9.17) is 0 Å². The molecule has 0 saturated carbocycles. The third kappa shape index (κ3) is 3.34. The highest BCUT2D eigenvalue weighted by atomic mass is 32.1. The Morgan fingerprint density at radius 2 is 2.00 bits per heavy atom. The molecular formula is C13H18N4S. The number of aromatic nitrogens is 3. The van der Waals surface area contributed by atoms with E-state index in [1.54, 1.807) is 11.3 Å². The van der Waals surface area contributed by atoms with Crippen LogP contribution in [0, 0.1) is 13.8 Å². The first-order valence-corrected chi connectivity index (χ1v) is 7.00. The first-order chi connectivity index (χ1) is 8.69. The second-order valence-electron chi connectivity index (χ2n) is 4.29. The molecule has 4 nitrogen and oxygen atoms in total. The average molecular weight is 262 g/mol. The summed E-state index contributed by atoms with van der Waals surface area (Å²) in [4.78, 5) is 13.3. The van der Waals surface area contributed by atoms with Crippen LogP contribution in [0.2, 0.25) is 0 Å². The van der Waals surface area contributed by atoms with Gasteiger partial charge in [0.1, 0.15) is 5.82 Å². The molecule has 96 valence electrons. The van der Waals surface area contributed by atoms with Crippen LogP contribution in [0.3, 0.4) is 0 Å². The van der Waals surface area contributed by atoms with Gasteiger partial charge in [-0.3, -0.25) is 0 Å². The molecule has 5 heteroatoms. The van der Waals surface area contributed by atoms with E-state index in [2.05, 4.69) is 32.6 Å². The first-order valence-electron chi connectivity index (χ1n) is 6.12. The average Bonchev–Trinajstić information content (AvgIpc) is 2.75. The lowest BCUT2D eigenvalue weighted by molar-refractivity contribution is 0.516. The fourth-order valence-electron chi connectivity index (χ4n) is 1.79. The van der Waals surface area contributed by atoms with Gasteiger partial charge in [0.15, 0.2) is 0 Å². The van der Waals surface area contributed by atoms with Crippen LogP contribution >= 0.6 is 11.3 Å². The number of rotatable bonds is 5. The molecule has 0 fully saturated rings. The Morgan fingerprint density at radius 1 is 1.28 bits per heavy atom. The normalized spacial score (nSPS) is 12.6. The Hall–Kier alpha value is -1.33. The smallest absolute Gasteiger partial charge is 0.145 e. The summed E-state index contributed by atoms with van der Waals surface area (Å²) in [5, 5.41) is 6.62. The van der Waals surface area contributed by atoms with Gasteiger partial charge in [-0.2, -0.15) is 0 Å². The van der Waals surface area contributed by atoms with Crippen LogP contribution in [0.5, 0.6) is 0 Å². The lowest BCUT2D eigenvalue weighted by Crippen LogP contribution is -2.25. The van der Waals surface area contributed by atoms with E-state index in [1.807, 2.05) is 26.2 Å². The van der Waals surface area contributed by atoms with Gasteiger partial charge >= 0.3 is 0 Å². The third-order valence-electron chi connectivity index (χ3n) is 2.64. The lowest BCUT2D eigenvalue weighted by atomic mass is 10.1. The second kappa shape index (κ2) is 6.02. The zero-order valence-corrected chi connectivity index (χ0v) is 11.8. The Balaban J connectivity index is 2.14. The van der Waals surface area contributed by atoms with Crippen molar-refractivity contribution in [1.82, 2.24) is 20.3 Å². The minimum Gasteiger partial charge on any atom is -0.307 e. The van der Waals surface area contributed by atoms with Crippen molar-refractivity contribution in [1.29, 1.82) is 0 Å². The molecule has 0 spiro atoms. The zero-order valence-electron chi connectivity index (χ0n) is 11.0. The molecule has 2 aromatic heterocycles. The molecular weight excluding hydrogens is 244 g/mol. The van der Waals surface area contributed by atoms with Crippen molar-refractivity contribution in [3.63, 3.8) is 0 Å². The molecule has 18 heavy (non-hydrogen) atoms. The summed E-state index contributed by atoms with van der Waals surface area (Å²) in [5.41, 5.74) is 2.19. The van der Waals surface area contributed by atoms with Crippen molar-refractivity contribution in [2.24, 2.45) is 0 Å². The zero-order chi connectivity index (χ0) is 13.0. The Kier molecular flexibility index (Phi) is 4.38. The molecule has 0 aromatic carbocycles. The van der Waals surface area contributed by atoms with E-state index < -0.39 is 0 Å². The van der Waals surface area contributed by atoms with Crippen LogP contribution in [0.4, 0.5) is 0 Å². The molecule has 1 unspecified atom stereocenters. The molecule has 0 saturated heterocycles. The van der Waals surface area contributed by atoms with Crippen LogP contribution in [-0.2, 0) is 6.42 Å². The summed E-state index contributed by atoms with van der Waals surface area (Å²) >= 11 is 1.68. The molecule has 0 radical (unpaired) electrons. The Bertz CT molecular complexity index is 492. The van der Waals surface area contributed by atoms with Gasteiger partial charge in [-0.1, -0.05) is 6.92 Å². The molecule has 1 atom stereocenters. The Labute approximate surface area is 112 Å². The molecule has 0 aliphatic carbocycles. The van der Waals surface area contributed by atoms with Crippen LogP contribution < -0.4 is 5.32 Å². The second-order valence-corrected chi connectivity index (χ2v) is 5.35.